The summed E-state index contributed by atoms with van der Waals surface area (Å²) >= 11 is 0. The third-order valence-electron chi connectivity index (χ3n) is 4.28. The van der Waals surface area contributed by atoms with Gasteiger partial charge in [0.15, 0.2) is 5.96 Å². The van der Waals surface area contributed by atoms with Gasteiger partial charge in [0.05, 0.1) is 25.5 Å². The summed E-state index contributed by atoms with van der Waals surface area (Å²) < 4.78 is 13.5. The highest BCUT2D eigenvalue weighted by Crippen LogP contribution is 2.21. The van der Waals surface area contributed by atoms with Crippen LogP contribution in [0.15, 0.2) is 17.4 Å². The van der Waals surface area contributed by atoms with Crippen molar-refractivity contribution in [3.63, 3.8) is 0 Å². The maximum absolute atomic E-state index is 5.92. The van der Waals surface area contributed by atoms with Crippen LogP contribution >= 0.6 is 24.0 Å². The Kier molecular flexibility index (Phi) is 7.76. The van der Waals surface area contributed by atoms with Crippen LogP contribution in [0, 0.1) is 0 Å². The Bertz CT molecular complexity index is 530. The fraction of sp³-hybridized carbons (Fsp3) is 0.750. The fourth-order valence-corrected chi connectivity index (χ4v) is 3.13. The van der Waals surface area contributed by atoms with E-state index in [2.05, 4.69) is 22.2 Å². The summed E-state index contributed by atoms with van der Waals surface area (Å²) in [5, 5.41) is 7.59. The monoisotopic (exact) mass is 449 g/mol. The molecule has 136 valence electrons. The van der Waals surface area contributed by atoms with Gasteiger partial charge in [-0.2, -0.15) is 5.10 Å². The smallest absolute Gasteiger partial charge is 0.194 e. The summed E-state index contributed by atoms with van der Waals surface area (Å²) in [5.74, 6) is 0.947. The van der Waals surface area contributed by atoms with E-state index in [4.69, 9.17) is 14.5 Å². The molecule has 0 radical (unpaired) electrons. The van der Waals surface area contributed by atoms with Crippen molar-refractivity contribution < 1.29 is 9.47 Å². The molecule has 0 aliphatic carbocycles. The molecule has 0 aromatic carbocycles. The van der Waals surface area contributed by atoms with Crippen LogP contribution in [-0.2, 0) is 23.1 Å². The Morgan fingerprint density at radius 3 is 2.88 bits per heavy atom. The van der Waals surface area contributed by atoms with E-state index < -0.39 is 0 Å². The Hall–Kier alpha value is -0.870. The molecule has 0 saturated carbocycles. The Morgan fingerprint density at radius 1 is 1.38 bits per heavy atom. The Balaban J connectivity index is 0.00000208. The van der Waals surface area contributed by atoms with Crippen LogP contribution in [0.5, 0.6) is 0 Å². The summed E-state index contributed by atoms with van der Waals surface area (Å²) in [6.45, 7) is 6.87. The van der Waals surface area contributed by atoms with Gasteiger partial charge in [0.1, 0.15) is 6.10 Å². The minimum atomic E-state index is 0. The maximum Gasteiger partial charge on any atom is 0.194 e. The third kappa shape index (κ3) is 5.06. The number of halogens is 1. The standard InChI is InChI=1S/C16H27N5O2.HI/c1-3-17-16(18-9-13-10-19-20(2)11-13)21-6-8-23-15(12-21)14-5-4-7-22-14;/h10-11,14-15H,3-9,12H2,1-2H3,(H,17,18);1H. The molecule has 8 heteroatoms. The highest BCUT2D eigenvalue weighted by atomic mass is 127. The number of aliphatic imine (C=N–C) groups is 1. The number of nitrogens with zero attached hydrogens (tertiary/aromatic N) is 4. The zero-order chi connectivity index (χ0) is 16.1. The summed E-state index contributed by atoms with van der Waals surface area (Å²) in [5.41, 5.74) is 1.12. The first kappa shape index (κ1) is 19.5. The molecule has 2 atom stereocenters. The number of aromatic nitrogens is 2. The molecule has 2 saturated heterocycles. The summed E-state index contributed by atoms with van der Waals surface area (Å²) in [4.78, 5) is 7.05. The molecule has 2 unspecified atom stereocenters. The topological polar surface area (TPSA) is 63.9 Å². The summed E-state index contributed by atoms with van der Waals surface area (Å²) in [7, 11) is 1.92. The van der Waals surface area contributed by atoms with Crippen LogP contribution in [0.2, 0.25) is 0 Å². The number of ether oxygens (including phenoxy) is 2. The Labute approximate surface area is 160 Å². The van der Waals surface area contributed by atoms with Crippen molar-refractivity contribution >= 4 is 29.9 Å². The van der Waals surface area contributed by atoms with E-state index >= 15 is 0 Å². The SMILES string of the molecule is CCNC(=NCc1cnn(C)c1)N1CCOC(C2CCCO2)C1.I. The van der Waals surface area contributed by atoms with Crippen molar-refractivity contribution in [2.75, 3.05) is 32.8 Å². The molecule has 7 nitrogen and oxygen atoms in total. The van der Waals surface area contributed by atoms with Crippen LogP contribution in [0.3, 0.4) is 0 Å². The van der Waals surface area contributed by atoms with E-state index in [1.165, 1.54) is 0 Å². The van der Waals surface area contributed by atoms with Crippen molar-refractivity contribution in [3.05, 3.63) is 18.0 Å². The van der Waals surface area contributed by atoms with Gasteiger partial charge in [0.25, 0.3) is 0 Å². The zero-order valence-corrected chi connectivity index (χ0v) is 16.8. The highest BCUT2D eigenvalue weighted by molar-refractivity contribution is 14.0. The van der Waals surface area contributed by atoms with Gasteiger partial charge in [-0.3, -0.25) is 4.68 Å². The molecule has 1 aromatic rings. The predicted molar refractivity (Wildman–Crippen MR) is 104 cm³/mol. The minimum Gasteiger partial charge on any atom is -0.375 e. The summed E-state index contributed by atoms with van der Waals surface area (Å²) in [6, 6.07) is 0. The second-order valence-electron chi connectivity index (χ2n) is 6.10. The van der Waals surface area contributed by atoms with Crippen LogP contribution in [0.25, 0.3) is 0 Å². The number of aryl methyl sites for hydroxylation is 1. The molecule has 24 heavy (non-hydrogen) atoms. The molecule has 3 heterocycles. The summed E-state index contributed by atoms with van der Waals surface area (Å²) in [6.07, 6.45) is 6.48. The number of rotatable bonds is 4. The molecule has 2 aliphatic heterocycles. The lowest BCUT2D eigenvalue weighted by molar-refractivity contribution is -0.0817. The lowest BCUT2D eigenvalue weighted by Crippen LogP contribution is -2.53. The quantitative estimate of drug-likeness (QED) is 0.428. The number of nitrogens with one attached hydrogen (secondary N) is 1. The molecule has 2 aliphatic rings. The maximum atomic E-state index is 5.92. The van der Waals surface area contributed by atoms with Crippen LogP contribution in [-0.4, -0.2) is 65.7 Å². The van der Waals surface area contributed by atoms with Gasteiger partial charge in [0.2, 0.25) is 0 Å². The van der Waals surface area contributed by atoms with Gasteiger partial charge < -0.3 is 19.7 Å². The molecule has 0 bridgehead atoms. The normalized spacial score (nSPS) is 24.8. The number of morpholine rings is 1. The van der Waals surface area contributed by atoms with Gasteiger partial charge in [-0.05, 0) is 19.8 Å². The Morgan fingerprint density at radius 2 is 2.21 bits per heavy atom. The second-order valence-corrected chi connectivity index (χ2v) is 6.10. The molecule has 1 N–H and O–H groups in total. The van der Waals surface area contributed by atoms with Gasteiger partial charge in [-0.1, -0.05) is 0 Å². The highest BCUT2D eigenvalue weighted by Gasteiger charge is 2.32. The van der Waals surface area contributed by atoms with Crippen molar-refractivity contribution in [2.45, 2.75) is 38.5 Å². The van der Waals surface area contributed by atoms with E-state index in [-0.39, 0.29) is 36.2 Å². The second kappa shape index (κ2) is 9.57. The van der Waals surface area contributed by atoms with E-state index in [0.717, 1.165) is 57.2 Å². The van der Waals surface area contributed by atoms with Gasteiger partial charge in [-0.25, -0.2) is 4.99 Å². The largest absolute Gasteiger partial charge is 0.375 e. The van der Waals surface area contributed by atoms with E-state index in [9.17, 15) is 0 Å². The van der Waals surface area contributed by atoms with Gasteiger partial charge in [0, 0.05) is 45.0 Å². The van der Waals surface area contributed by atoms with E-state index in [1.807, 2.05) is 19.4 Å². The van der Waals surface area contributed by atoms with E-state index in [0.29, 0.717) is 6.54 Å². The first-order chi connectivity index (χ1) is 11.3. The average molecular weight is 449 g/mol. The van der Waals surface area contributed by atoms with Crippen LogP contribution < -0.4 is 5.32 Å². The third-order valence-corrected chi connectivity index (χ3v) is 4.28. The van der Waals surface area contributed by atoms with Crippen molar-refractivity contribution in [1.29, 1.82) is 0 Å². The van der Waals surface area contributed by atoms with Crippen molar-refractivity contribution in [3.8, 4) is 0 Å². The molecule has 0 spiro atoms. The van der Waals surface area contributed by atoms with Gasteiger partial charge >= 0.3 is 0 Å². The van der Waals surface area contributed by atoms with E-state index in [1.54, 1.807) is 4.68 Å². The average Bonchev–Trinajstić information content (AvgIpc) is 3.23. The van der Waals surface area contributed by atoms with Crippen LogP contribution in [0.4, 0.5) is 0 Å². The minimum absolute atomic E-state index is 0. The predicted octanol–water partition coefficient (Wildman–Crippen LogP) is 1.38. The van der Waals surface area contributed by atoms with Crippen LogP contribution in [0.1, 0.15) is 25.3 Å². The van der Waals surface area contributed by atoms with Crippen molar-refractivity contribution in [2.24, 2.45) is 12.0 Å². The fourth-order valence-electron chi connectivity index (χ4n) is 3.13. The number of guanidine groups is 1. The molecule has 0 amide bonds. The van der Waals surface area contributed by atoms with Gasteiger partial charge in [-0.15, -0.1) is 24.0 Å². The molecular formula is C16H28IN5O2. The number of hydrogen-bond acceptors (Lipinski definition) is 4. The first-order valence-electron chi connectivity index (χ1n) is 8.50. The molecule has 3 rings (SSSR count). The molecule has 1 aromatic heterocycles. The lowest BCUT2D eigenvalue weighted by atomic mass is 10.1. The molecule has 2 fully saturated rings. The molecular weight excluding hydrogens is 421 g/mol. The zero-order valence-electron chi connectivity index (χ0n) is 14.5. The van der Waals surface area contributed by atoms with Crippen molar-refractivity contribution in [1.82, 2.24) is 20.0 Å². The first-order valence-corrected chi connectivity index (χ1v) is 8.50. The lowest BCUT2D eigenvalue weighted by Gasteiger charge is -2.37. The number of hydrogen-bond donors (Lipinski definition) is 1.